The van der Waals surface area contributed by atoms with E-state index in [9.17, 15) is 4.79 Å². The van der Waals surface area contributed by atoms with Crippen molar-refractivity contribution in [2.24, 2.45) is 0 Å². The van der Waals surface area contributed by atoms with Gasteiger partial charge in [-0.15, -0.1) is 0 Å². The second-order valence-corrected chi connectivity index (χ2v) is 4.53. The van der Waals surface area contributed by atoms with Crippen molar-refractivity contribution in [3.63, 3.8) is 0 Å². The van der Waals surface area contributed by atoms with Crippen LogP contribution in [0.5, 0.6) is 0 Å². The summed E-state index contributed by atoms with van der Waals surface area (Å²) in [7, 11) is 0. The fraction of sp³-hybridized carbons (Fsp3) is 0.133. The topological polar surface area (TPSA) is 73.0 Å². The lowest BCUT2D eigenvalue weighted by atomic mass is 10.1. The molecule has 0 fully saturated rings. The molecule has 3 rings (SSSR count). The minimum Gasteiger partial charge on any atom is -0.472 e. The second-order valence-electron chi connectivity index (χ2n) is 4.53. The Labute approximate surface area is 121 Å². The monoisotopic (exact) mass is 282 g/mol. The number of nitrogens with one attached hydrogen (secondary N) is 1. The molecule has 2 aromatic heterocycles. The average Bonchev–Trinajstić information content (AvgIpc) is 3.21. The molecule has 0 aliphatic rings. The summed E-state index contributed by atoms with van der Waals surface area (Å²) in [5, 5.41) is 11.1. The third-order valence-corrected chi connectivity index (χ3v) is 3.10. The lowest BCUT2D eigenvalue weighted by Gasteiger charge is -2.18. The number of hydrogen-bond donors (Lipinski definition) is 1. The minimum atomic E-state index is -0.221. The zero-order valence-corrected chi connectivity index (χ0v) is 11.2. The lowest BCUT2D eigenvalue weighted by Crippen LogP contribution is -2.31. The minimum absolute atomic E-state index is 0.190. The summed E-state index contributed by atoms with van der Waals surface area (Å²) < 4.78 is 4.94. The number of amides is 1. The molecule has 1 N–H and O–H groups in total. The second kappa shape index (κ2) is 6.04. The van der Waals surface area contributed by atoms with Crippen molar-refractivity contribution in [3.8, 4) is 0 Å². The van der Waals surface area contributed by atoms with Crippen LogP contribution in [0.3, 0.4) is 0 Å². The van der Waals surface area contributed by atoms with Crippen molar-refractivity contribution in [1.82, 2.24) is 20.3 Å². The molecule has 0 aliphatic heterocycles. The fourth-order valence-electron chi connectivity index (χ4n) is 2.06. The van der Waals surface area contributed by atoms with Gasteiger partial charge in [0, 0.05) is 0 Å². The van der Waals surface area contributed by atoms with E-state index in [1.807, 2.05) is 30.3 Å². The van der Waals surface area contributed by atoms with Gasteiger partial charge in [-0.25, -0.2) is 0 Å². The molecule has 1 amide bonds. The van der Waals surface area contributed by atoms with Gasteiger partial charge in [-0.1, -0.05) is 30.3 Å². The molecule has 0 radical (unpaired) electrons. The van der Waals surface area contributed by atoms with E-state index >= 15 is 0 Å². The van der Waals surface area contributed by atoms with Crippen LogP contribution in [-0.4, -0.2) is 20.9 Å². The highest BCUT2D eigenvalue weighted by Gasteiger charge is 2.17. The molecule has 6 heteroatoms. The summed E-state index contributed by atoms with van der Waals surface area (Å²) in [6.45, 7) is 0.459. The molecule has 21 heavy (non-hydrogen) atoms. The Hall–Kier alpha value is -2.89. The van der Waals surface area contributed by atoms with Crippen LogP contribution in [0.25, 0.3) is 0 Å². The van der Waals surface area contributed by atoms with Crippen molar-refractivity contribution >= 4 is 5.91 Å². The van der Waals surface area contributed by atoms with Gasteiger partial charge in [0.1, 0.15) is 6.26 Å². The van der Waals surface area contributed by atoms with Crippen LogP contribution in [0, 0.1) is 0 Å². The number of aromatic nitrogens is 3. The molecule has 0 spiro atoms. The van der Waals surface area contributed by atoms with Crippen molar-refractivity contribution in [2.45, 2.75) is 12.6 Å². The van der Waals surface area contributed by atoms with E-state index in [0.717, 1.165) is 5.56 Å². The molecule has 3 aromatic rings. The van der Waals surface area contributed by atoms with E-state index in [2.05, 4.69) is 15.5 Å². The maximum Gasteiger partial charge on any atom is 0.255 e. The summed E-state index contributed by atoms with van der Waals surface area (Å²) in [4.78, 5) is 13.7. The van der Waals surface area contributed by atoms with E-state index in [0.29, 0.717) is 12.1 Å². The van der Waals surface area contributed by atoms with Crippen LogP contribution in [0.15, 0.2) is 65.7 Å². The first-order valence-corrected chi connectivity index (χ1v) is 6.55. The Morgan fingerprint density at radius 2 is 1.95 bits per heavy atom. The number of carbonyl (C=O) groups is 1. The summed E-state index contributed by atoms with van der Waals surface area (Å²) in [5.41, 5.74) is 1.48. The summed E-state index contributed by atoms with van der Waals surface area (Å²) in [6, 6.07) is 11.1. The van der Waals surface area contributed by atoms with Crippen molar-refractivity contribution < 1.29 is 9.21 Å². The number of carbonyl (C=O) groups excluding carboxylic acids is 1. The first-order chi connectivity index (χ1) is 10.3. The van der Waals surface area contributed by atoms with Gasteiger partial charge in [0.05, 0.1) is 36.8 Å². The molecule has 1 aromatic carbocycles. The van der Waals surface area contributed by atoms with Crippen LogP contribution < -0.4 is 5.32 Å². The van der Waals surface area contributed by atoms with E-state index in [1.165, 1.54) is 12.5 Å². The van der Waals surface area contributed by atoms with Crippen LogP contribution in [0.2, 0.25) is 0 Å². The summed E-state index contributed by atoms with van der Waals surface area (Å²) in [5.74, 6) is -0.190. The van der Waals surface area contributed by atoms with Gasteiger partial charge < -0.3 is 9.73 Å². The molecule has 106 valence electrons. The van der Waals surface area contributed by atoms with Gasteiger partial charge >= 0.3 is 0 Å². The SMILES string of the molecule is O=C(NC(Cn1nccn1)c1ccccc1)c1ccoc1. The van der Waals surface area contributed by atoms with E-state index < -0.39 is 0 Å². The molecule has 0 bridgehead atoms. The van der Waals surface area contributed by atoms with Crippen LogP contribution in [0.4, 0.5) is 0 Å². The van der Waals surface area contributed by atoms with Gasteiger partial charge in [-0.3, -0.25) is 4.79 Å². The lowest BCUT2D eigenvalue weighted by molar-refractivity contribution is 0.0930. The molecule has 2 heterocycles. The molecule has 1 atom stereocenters. The predicted molar refractivity (Wildman–Crippen MR) is 75.4 cm³/mol. The summed E-state index contributed by atoms with van der Waals surface area (Å²) >= 11 is 0. The van der Waals surface area contributed by atoms with Crippen molar-refractivity contribution in [2.75, 3.05) is 0 Å². The third-order valence-electron chi connectivity index (χ3n) is 3.10. The first kappa shape index (κ1) is 13.1. The first-order valence-electron chi connectivity index (χ1n) is 6.55. The molecule has 0 aliphatic carbocycles. The Morgan fingerprint density at radius 3 is 2.62 bits per heavy atom. The normalized spacial score (nSPS) is 12.0. The zero-order valence-electron chi connectivity index (χ0n) is 11.2. The number of nitrogens with zero attached hydrogens (tertiary/aromatic N) is 3. The zero-order chi connectivity index (χ0) is 14.5. The Balaban J connectivity index is 1.80. The van der Waals surface area contributed by atoms with E-state index in [-0.39, 0.29) is 11.9 Å². The molecule has 1 unspecified atom stereocenters. The highest BCUT2D eigenvalue weighted by molar-refractivity contribution is 5.94. The van der Waals surface area contributed by atoms with Crippen LogP contribution >= 0.6 is 0 Å². The maximum absolute atomic E-state index is 12.2. The highest BCUT2D eigenvalue weighted by Crippen LogP contribution is 2.15. The van der Waals surface area contributed by atoms with Gasteiger partial charge in [0.25, 0.3) is 5.91 Å². The standard InChI is InChI=1S/C15H14N4O2/c20-15(13-6-9-21-11-13)18-14(10-19-16-7-8-17-19)12-4-2-1-3-5-12/h1-9,11,14H,10H2,(H,18,20). The molecular formula is C15H14N4O2. The Kier molecular flexibility index (Phi) is 3.77. The molecule has 0 saturated carbocycles. The van der Waals surface area contributed by atoms with Crippen molar-refractivity contribution in [3.05, 3.63) is 72.4 Å². The van der Waals surface area contributed by atoms with Gasteiger partial charge in [0.15, 0.2) is 0 Å². The number of hydrogen-bond acceptors (Lipinski definition) is 4. The Bertz CT molecular complexity index is 678. The fourth-order valence-corrected chi connectivity index (χ4v) is 2.06. The highest BCUT2D eigenvalue weighted by atomic mass is 16.3. The predicted octanol–water partition coefficient (Wildman–Crippen LogP) is 2.04. The van der Waals surface area contributed by atoms with Crippen LogP contribution in [-0.2, 0) is 6.54 Å². The van der Waals surface area contributed by atoms with Crippen LogP contribution in [0.1, 0.15) is 22.0 Å². The largest absolute Gasteiger partial charge is 0.472 e. The Morgan fingerprint density at radius 1 is 1.19 bits per heavy atom. The van der Waals surface area contributed by atoms with E-state index in [4.69, 9.17) is 4.42 Å². The summed E-state index contributed by atoms with van der Waals surface area (Å²) in [6.07, 6.45) is 6.12. The molecule has 0 saturated heterocycles. The van der Waals surface area contributed by atoms with Gasteiger partial charge in [0.2, 0.25) is 0 Å². The number of furan rings is 1. The maximum atomic E-state index is 12.2. The van der Waals surface area contributed by atoms with Crippen molar-refractivity contribution in [1.29, 1.82) is 0 Å². The molecular weight excluding hydrogens is 268 g/mol. The van der Waals surface area contributed by atoms with E-state index in [1.54, 1.807) is 23.3 Å². The van der Waals surface area contributed by atoms with Gasteiger partial charge in [-0.2, -0.15) is 15.0 Å². The quantitative estimate of drug-likeness (QED) is 0.777. The number of rotatable bonds is 5. The molecule has 6 nitrogen and oxygen atoms in total. The smallest absolute Gasteiger partial charge is 0.255 e. The third kappa shape index (κ3) is 3.17. The average molecular weight is 282 g/mol. The number of benzene rings is 1. The van der Waals surface area contributed by atoms with Gasteiger partial charge in [-0.05, 0) is 11.6 Å².